The number of ketones is 1. The number of methoxy groups -OCH3 is 1. The van der Waals surface area contributed by atoms with Gasteiger partial charge in [-0.2, -0.15) is 0 Å². The molecule has 3 amide bonds. The molecule has 1 aromatic heterocycles. The van der Waals surface area contributed by atoms with E-state index >= 15 is 0 Å². The summed E-state index contributed by atoms with van der Waals surface area (Å²) < 4.78 is 15.0. The van der Waals surface area contributed by atoms with Crippen LogP contribution in [0.5, 0.6) is 0 Å². The molecule has 0 fully saturated rings. The molecule has 0 aliphatic rings. The van der Waals surface area contributed by atoms with Crippen LogP contribution >= 0.6 is 0 Å². The SMILES string of the molecule is COC(=O)[C@H](CC(=O)c1ccco1)NC(=O)[C@H](Cc1ccccc1)NC(=O)[C@H](C)NC(=O)OC(C)(C)C. The quantitative estimate of drug-likeness (QED) is 0.304. The van der Waals surface area contributed by atoms with E-state index in [0.29, 0.717) is 0 Å². The lowest BCUT2D eigenvalue weighted by Gasteiger charge is -2.25. The van der Waals surface area contributed by atoms with E-state index in [0.717, 1.165) is 12.7 Å². The molecule has 0 saturated heterocycles. The van der Waals surface area contributed by atoms with E-state index in [9.17, 15) is 24.0 Å². The van der Waals surface area contributed by atoms with Crippen LogP contribution in [0.1, 0.15) is 50.2 Å². The molecular formula is C26H33N3O8. The molecule has 0 spiro atoms. The highest BCUT2D eigenvalue weighted by Crippen LogP contribution is 2.10. The van der Waals surface area contributed by atoms with Crippen molar-refractivity contribution >= 4 is 29.7 Å². The standard InChI is InChI=1S/C26H33N3O8/c1-16(27-25(34)37-26(2,3)4)22(31)28-18(14-17-10-7-6-8-11-17)23(32)29-19(24(33)35-5)15-20(30)21-12-9-13-36-21/h6-13,16,18-19H,14-15H2,1-5H3,(H,27,34)(H,28,31)(H,29,32)/t16-,18-,19-/m0/s1. The first kappa shape index (κ1) is 29.1. The van der Waals surface area contributed by atoms with Gasteiger partial charge in [-0.25, -0.2) is 9.59 Å². The number of hydrogen-bond donors (Lipinski definition) is 3. The summed E-state index contributed by atoms with van der Waals surface area (Å²) in [5.41, 5.74) is -0.0246. The summed E-state index contributed by atoms with van der Waals surface area (Å²) in [4.78, 5) is 62.9. The molecule has 3 atom stereocenters. The molecule has 11 heteroatoms. The Hall–Kier alpha value is -4.15. The number of hydrogen-bond acceptors (Lipinski definition) is 8. The minimum absolute atomic E-state index is 0.0272. The van der Waals surface area contributed by atoms with Crippen molar-refractivity contribution in [2.24, 2.45) is 0 Å². The van der Waals surface area contributed by atoms with Crippen molar-refractivity contribution in [2.45, 2.75) is 64.3 Å². The van der Waals surface area contributed by atoms with Crippen LogP contribution in [-0.4, -0.2) is 60.5 Å². The van der Waals surface area contributed by atoms with Gasteiger partial charge in [0.15, 0.2) is 5.76 Å². The van der Waals surface area contributed by atoms with Crippen molar-refractivity contribution in [2.75, 3.05) is 7.11 Å². The Morgan fingerprint density at radius 3 is 2.11 bits per heavy atom. The van der Waals surface area contributed by atoms with E-state index in [4.69, 9.17) is 13.9 Å². The topological polar surface area (TPSA) is 153 Å². The maximum Gasteiger partial charge on any atom is 0.408 e. The molecule has 200 valence electrons. The minimum atomic E-state index is -1.32. The lowest BCUT2D eigenvalue weighted by Crippen LogP contribution is -2.56. The van der Waals surface area contributed by atoms with E-state index < -0.39 is 59.8 Å². The Balaban J connectivity index is 2.16. The Kier molecular flexibility index (Phi) is 10.4. The molecule has 0 aliphatic carbocycles. The van der Waals surface area contributed by atoms with Crippen molar-refractivity contribution in [3.05, 3.63) is 60.1 Å². The van der Waals surface area contributed by atoms with Gasteiger partial charge in [-0.3, -0.25) is 14.4 Å². The number of esters is 1. The molecule has 3 N–H and O–H groups in total. The number of rotatable bonds is 11. The summed E-state index contributed by atoms with van der Waals surface area (Å²) in [5.74, 6) is -2.69. The monoisotopic (exact) mass is 515 g/mol. The second-order valence-electron chi connectivity index (χ2n) is 9.31. The highest BCUT2D eigenvalue weighted by atomic mass is 16.6. The molecular weight excluding hydrogens is 482 g/mol. The van der Waals surface area contributed by atoms with Gasteiger partial charge in [-0.1, -0.05) is 30.3 Å². The van der Waals surface area contributed by atoms with Crippen LogP contribution in [0.25, 0.3) is 0 Å². The predicted octanol–water partition coefficient (Wildman–Crippen LogP) is 2.15. The van der Waals surface area contributed by atoms with Crippen LogP contribution < -0.4 is 16.0 Å². The Morgan fingerprint density at radius 2 is 1.54 bits per heavy atom. The molecule has 0 aliphatic heterocycles. The number of furan rings is 1. The van der Waals surface area contributed by atoms with Gasteiger partial charge in [0.05, 0.1) is 13.4 Å². The summed E-state index contributed by atoms with van der Waals surface area (Å²) in [7, 11) is 1.13. The summed E-state index contributed by atoms with van der Waals surface area (Å²) >= 11 is 0. The molecule has 2 aromatic rings. The number of carbonyl (C=O) groups is 5. The van der Waals surface area contributed by atoms with Gasteiger partial charge < -0.3 is 29.8 Å². The summed E-state index contributed by atoms with van der Waals surface area (Å²) in [6.45, 7) is 6.50. The number of amides is 3. The molecule has 0 radical (unpaired) electrons. The second kappa shape index (κ2) is 13.2. The van der Waals surface area contributed by atoms with Crippen molar-refractivity contribution in [3.8, 4) is 0 Å². The first-order valence-electron chi connectivity index (χ1n) is 11.7. The highest BCUT2D eigenvalue weighted by Gasteiger charge is 2.31. The van der Waals surface area contributed by atoms with Gasteiger partial charge in [0.1, 0.15) is 23.7 Å². The summed E-state index contributed by atoms with van der Waals surface area (Å²) in [5, 5.41) is 7.51. The molecule has 1 heterocycles. The lowest BCUT2D eigenvalue weighted by atomic mass is 10.0. The largest absolute Gasteiger partial charge is 0.467 e. The minimum Gasteiger partial charge on any atom is -0.467 e. The zero-order valence-corrected chi connectivity index (χ0v) is 21.5. The molecule has 0 saturated carbocycles. The van der Waals surface area contributed by atoms with Gasteiger partial charge in [-0.15, -0.1) is 0 Å². The summed E-state index contributed by atoms with van der Waals surface area (Å²) in [6.07, 6.45) is 0.199. The first-order valence-corrected chi connectivity index (χ1v) is 11.7. The van der Waals surface area contributed by atoms with E-state index in [2.05, 4.69) is 16.0 Å². The van der Waals surface area contributed by atoms with Crippen LogP contribution in [0.2, 0.25) is 0 Å². The van der Waals surface area contributed by atoms with Crippen LogP contribution in [0.4, 0.5) is 4.79 Å². The highest BCUT2D eigenvalue weighted by molar-refractivity contribution is 5.98. The van der Waals surface area contributed by atoms with Crippen LogP contribution in [-0.2, 0) is 30.3 Å². The van der Waals surface area contributed by atoms with Crippen LogP contribution in [0, 0.1) is 0 Å². The number of alkyl carbamates (subject to hydrolysis) is 1. The number of benzene rings is 1. The van der Waals surface area contributed by atoms with E-state index in [1.807, 2.05) is 0 Å². The Morgan fingerprint density at radius 1 is 0.892 bits per heavy atom. The molecule has 0 bridgehead atoms. The van der Waals surface area contributed by atoms with Crippen LogP contribution in [0.15, 0.2) is 53.1 Å². The Bertz CT molecular complexity index is 1080. The normalized spacial score (nSPS) is 13.4. The van der Waals surface area contributed by atoms with Gasteiger partial charge in [0, 0.05) is 12.8 Å². The van der Waals surface area contributed by atoms with Crippen molar-refractivity contribution in [1.82, 2.24) is 16.0 Å². The van der Waals surface area contributed by atoms with Gasteiger partial charge in [0.25, 0.3) is 0 Å². The average molecular weight is 516 g/mol. The van der Waals surface area contributed by atoms with Crippen molar-refractivity contribution in [3.63, 3.8) is 0 Å². The number of ether oxygens (including phenoxy) is 2. The van der Waals surface area contributed by atoms with Gasteiger partial charge in [-0.05, 0) is 45.4 Å². The molecule has 37 heavy (non-hydrogen) atoms. The zero-order valence-electron chi connectivity index (χ0n) is 21.5. The number of carbonyl (C=O) groups excluding carboxylic acids is 5. The van der Waals surface area contributed by atoms with Gasteiger partial charge >= 0.3 is 12.1 Å². The van der Waals surface area contributed by atoms with E-state index in [-0.39, 0.29) is 12.2 Å². The van der Waals surface area contributed by atoms with Crippen molar-refractivity contribution in [1.29, 1.82) is 0 Å². The fourth-order valence-electron chi connectivity index (χ4n) is 3.24. The second-order valence-corrected chi connectivity index (χ2v) is 9.31. The Labute approximate surface area is 215 Å². The third-order valence-corrected chi connectivity index (χ3v) is 5.03. The maximum absolute atomic E-state index is 13.2. The zero-order chi connectivity index (χ0) is 27.6. The van der Waals surface area contributed by atoms with E-state index in [1.165, 1.54) is 25.3 Å². The third-order valence-electron chi connectivity index (χ3n) is 5.03. The molecule has 11 nitrogen and oxygen atoms in total. The predicted molar refractivity (Wildman–Crippen MR) is 133 cm³/mol. The smallest absolute Gasteiger partial charge is 0.408 e. The van der Waals surface area contributed by atoms with Crippen LogP contribution in [0.3, 0.4) is 0 Å². The molecule has 0 unspecified atom stereocenters. The molecule has 2 rings (SSSR count). The third kappa shape index (κ3) is 9.79. The van der Waals surface area contributed by atoms with E-state index in [1.54, 1.807) is 51.1 Å². The maximum atomic E-state index is 13.2. The number of nitrogens with one attached hydrogen (secondary N) is 3. The fraction of sp³-hybridized carbons (Fsp3) is 0.423. The average Bonchev–Trinajstić information content (AvgIpc) is 3.37. The number of Topliss-reactive ketones (excluding diaryl/α,β-unsaturated/α-hetero) is 1. The summed E-state index contributed by atoms with van der Waals surface area (Å²) in [6, 6.07) is 8.38. The van der Waals surface area contributed by atoms with Crippen molar-refractivity contribution < 1.29 is 37.9 Å². The lowest BCUT2D eigenvalue weighted by molar-refractivity contribution is -0.145. The fourth-order valence-corrected chi connectivity index (χ4v) is 3.24. The van der Waals surface area contributed by atoms with Gasteiger partial charge in [0.2, 0.25) is 17.6 Å². The molecule has 1 aromatic carbocycles. The first-order chi connectivity index (χ1) is 17.4.